The van der Waals surface area contributed by atoms with Gasteiger partial charge in [-0.1, -0.05) is 23.7 Å². The van der Waals surface area contributed by atoms with Crippen LogP contribution in [0, 0.1) is 6.92 Å². The van der Waals surface area contributed by atoms with Crippen LogP contribution in [-0.2, 0) is 10.2 Å². The molecule has 1 N–H and O–H groups in total. The van der Waals surface area contributed by atoms with Gasteiger partial charge in [-0.3, -0.25) is 9.78 Å². The fourth-order valence-electron chi connectivity index (χ4n) is 2.43. The van der Waals surface area contributed by atoms with Gasteiger partial charge in [-0.05, 0) is 49.6 Å². The van der Waals surface area contributed by atoms with Gasteiger partial charge in [0.1, 0.15) is 0 Å². The molecule has 102 valence electrons. The molecule has 0 unspecified atom stereocenters. The van der Waals surface area contributed by atoms with Crippen molar-refractivity contribution in [3.05, 3.63) is 58.9 Å². The van der Waals surface area contributed by atoms with Crippen LogP contribution in [0.1, 0.15) is 24.1 Å². The van der Waals surface area contributed by atoms with E-state index < -0.39 is 5.41 Å². The van der Waals surface area contributed by atoms with Crippen LogP contribution in [0.4, 0.5) is 5.69 Å². The van der Waals surface area contributed by atoms with Gasteiger partial charge in [-0.15, -0.1) is 0 Å². The van der Waals surface area contributed by atoms with Crippen molar-refractivity contribution in [3.8, 4) is 0 Å². The van der Waals surface area contributed by atoms with E-state index in [0.717, 1.165) is 29.8 Å². The van der Waals surface area contributed by atoms with Crippen LogP contribution in [0.2, 0.25) is 5.02 Å². The van der Waals surface area contributed by atoms with E-state index in [-0.39, 0.29) is 5.91 Å². The number of amides is 1. The summed E-state index contributed by atoms with van der Waals surface area (Å²) in [6, 6.07) is 11.2. The van der Waals surface area contributed by atoms with Crippen molar-refractivity contribution in [2.24, 2.45) is 0 Å². The Balaban J connectivity index is 1.83. The van der Waals surface area contributed by atoms with Crippen LogP contribution < -0.4 is 5.32 Å². The molecule has 1 saturated carbocycles. The molecule has 1 heterocycles. The molecule has 1 aromatic heterocycles. The number of carbonyl (C=O) groups excluding carboxylic acids is 1. The van der Waals surface area contributed by atoms with Gasteiger partial charge in [0.15, 0.2) is 0 Å². The van der Waals surface area contributed by atoms with Crippen molar-refractivity contribution >= 4 is 23.2 Å². The molecule has 0 atom stereocenters. The SMILES string of the molecule is Cc1cc(NC(=O)C2(c3cccc(Cl)c3)CC2)ccn1. The van der Waals surface area contributed by atoms with Gasteiger partial charge in [0.05, 0.1) is 5.41 Å². The molecule has 0 aliphatic heterocycles. The number of anilines is 1. The first kappa shape index (κ1) is 13.1. The Morgan fingerprint density at radius 3 is 2.75 bits per heavy atom. The fraction of sp³-hybridized carbons (Fsp3) is 0.250. The van der Waals surface area contributed by atoms with Gasteiger partial charge in [0, 0.05) is 22.6 Å². The highest BCUT2D eigenvalue weighted by atomic mass is 35.5. The molecule has 1 aliphatic rings. The highest BCUT2D eigenvalue weighted by molar-refractivity contribution is 6.30. The van der Waals surface area contributed by atoms with Gasteiger partial charge < -0.3 is 5.32 Å². The summed E-state index contributed by atoms with van der Waals surface area (Å²) in [5, 5.41) is 3.65. The largest absolute Gasteiger partial charge is 0.325 e. The van der Waals surface area contributed by atoms with E-state index >= 15 is 0 Å². The quantitative estimate of drug-likeness (QED) is 0.934. The van der Waals surface area contributed by atoms with Gasteiger partial charge in [0.2, 0.25) is 5.91 Å². The Kier molecular flexibility index (Phi) is 3.22. The third kappa shape index (κ3) is 2.41. The van der Waals surface area contributed by atoms with E-state index in [1.54, 1.807) is 12.3 Å². The molecule has 0 radical (unpaired) electrons. The maximum Gasteiger partial charge on any atom is 0.235 e. The monoisotopic (exact) mass is 286 g/mol. The summed E-state index contributed by atoms with van der Waals surface area (Å²) in [7, 11) is 0. The van der Waals surface area contributed by atoms with Gasteiger partial charge >= 0.3 is 0 Å². The predicted octanol–water partition coefficient (Wildman–Crippen LogP) is 3.71. The molecule has 0 bridgehead atoms. The zero-order valence-corrected chi connectivity index (χ0v) is 11.9. The molecule has 1 aliphatic carbocycles. The minimum Gasteiger partial charge on any atom is -0.325 e. The number of hydrogen-bond donors (Lipinski definition) is 1. The lowest BCUT2D eigenvalue weighted by Crippen LogP contribution is -2.27. The van der Waals surface area contributed by atoms with E-state index in [9.17, 15) is 4.79 Å². The number of rotatable bonds is 3. The lowest BCUT2D eigenvalue weighted by atomic mass is 9.95. The van der Waals surface area contributed by atoms with Crippen LogP contribution >= 0.6 is 11.6 Å². The highest BCUT2D eigenvalue weighted by Gasteiger charge is 2.51. The molecule has 2 aromatic rings. The second kappa shape index (κ2) is 4.91. The Morgan fingerprint density at radius 1 is 1.30 bits per heavy atom. The number of carbonyl (C=O) groups is 1. The van der Waals surface area contributed by atoms with E-state index in [1.807, 2.05) is 37.3 Å². The molecule has 20 heavy (non-hydrogen) atoms. The Hall–Kier alpha value is -1.87. The van der Waals surface area contributed by atoms with Crippen molar-refractivity contribution in [2.75, 3.05) is 5.32 Å². The van der Waals surface area contributed by atoms with Gasteiger partial charge in [-0.2, -0.15) is 0 Å². The minimum absolute atomic E-state index is 0.0327. The second-order valence-corrected chi connectivity index (χ2v) is 5.67. The number of nitrogens with one attached hydrogen (secondary N) is 1. The van der Waals surface area contributed by atoms with Crippen molar-refractivity contribution < 1.29 is 4.79 Å². The van der Waals surface area contributed by atoms with Gasteiger partial charge in [-0.25, -0.2) is 0 Å². The van der Waals surface area contributed by atoms with Crippen LogP contribution in [0.3, 0.4) is 0 Å². The number of aromatic nitrogens is 1. The molecule has 1 amide bonds. The predicted molar refractivity (Wildman–Crippen MR) is 80.0 cm³/mol. The summed E-state index contributed by atoms with van der Waals surface area (Å²) in [6.45, 7) is 1.90. The maximum absolute atomic E-state index is 12.5. The molecule has 1 fully saturated rings. The highest BCUT2D eigenvalue weighted by Crippen LogP contribution is 2.49. The van der Waals surface area contributed by atoms with Crippen LogP contribution in [0.5, 0.6) is 0 Å². The Morgan fingerprint density at radius 2 is 2.10 bits per heavy atom. The van der Waals surface area contributed by atoms with Crippen LogP contribution in [0.15, 0.2) is 42.6 Å². The van der Waals surface area contributed by atoms with Crippen LogP contribution in [-0.4, -0.2) is 10.9 Å². The number of pyridine rings is 1. The summed E-state index contributed by atoms with van der Waals surface area (Å²) in [4.78, 5) is 16.7. The van der Waals surface area contributed by atoms with Gasteiger partial charge in [0.25, 0.3) is 0 Å². The van der Waals surface area contributed by atoms with Crippen molar-refractivity contribution in [3.63, 3.8) is 0 Å². The number of aryl methyl sites for hydroxylation is 1. The number of benzene rings is 1. The average molecular weight is 287 g/mol. The Labute approximate surface area is 123 Å². The molecule has 0 saturated heterocycles. The van der Waals surface area contributed by atoms with E-state index in [4.69, 9.17) is 11.6 Å². The van der Waals surface area contributed by atoms with Crippen molar-refractivity contribution in [1.82, 2.24) is 4.98 Å². The molecule has 1 aromatic carbocycles. The third-order valence-corrected chi connectivity index (χ3v) is 3.95. The Bertz CT molecular complexity index is 665. The smallest absolute Gasteiger partial charge is 0.235 e. The number of nitrogens with zero attached hydrogens (tertiary/aromatic N) is 1. The first-order valence-electron chi connectivity index (χ1n) is 6.60. The first-order chi connectivity index (χ1) is 9.60. The lowest BCUT2D eigenvalue weighted by molar-refractivity contribution is -0.118. The van der Waals surface area contributed by atoms with E-state index in [1.165, 1.54) is 0 Å². The molecule has 4 heteroatoms. The topological polar surface area (TPSA) is 42.0 Å². The molecule has 0 spiro atoms. The first-order valence-corrected chi connectivity index (χ1v) is 6.98. The van der Waals surface area contributed by atoms with Crippen LogP contribution in [0.25, 0.3) is 0 Å². The van der Waals surface area contributed by atoms with Crippen molar-refractivity contribution in [2.45, 2.75) is 25.2 Å². The lowest BCUT2D eigenvalue weighted by Gasteiger charge is -2.16. The molecular formula is C16H15ClN2O. The van der Waals surface area contributed by atoms with E-state index in [0.29, 0.717) is 5.02 Å². The summed E-state index contributed by atoms with van der Waals surface area (Å²) >= 11 is 6.02. The molecular weight excluding hydrogens is 272 g/mol. The number of hydrogen-bond acceptors (Lipinski definition) is 2. The third-order valence-electron chi connectivity index (χ3n) is 3.72. The zero-order chi connectivity index (χ0) is 14.2. The molecule has 3 rings (SSSR count). The molecule has 3 nitrogen and oxygen atoms in total. The zero-order valence-electron chi connectivity index (χ0n) is 11.2. The normalized spacial score (nSPS) is 15.7. The fourth-order valence-corrected chi connectivity index (χ4v) is 2.62. The van der Waals surface area contributed by atoms with E-state index in [2.05, 4.69) is 10.3 Å². The summed E-state index contributed by atoms with van der Waals surface area (Å²) in [5.41, 5.74) is 2.25. The summed E-state index contributed by atoms with van der Waals surface area (Å²) in [6.07, 6.45) is 3.43. The minimum atomic E-state index is -0.415. The standard InChI is InChI=1S/C16H15ClN2O/c1-11-9-14(5-8-18-11)19-15(20)16(6-7-16)12-3-2-4-13(17)10-12/h2-5,8-10H,6-7H2,1H3,(H,18,19,20). The van der Waals surface area contributed by atoms with Crippen molar-refractivity contribution in [1.29, 1.82) is 0 Å². The second-order valence-electron chi connectivity index (χ2n) is 5.23. The number of halogens is 1. The summed E-state index contributed by atoms with van der Waals surface area (Å²) in [5.74, 6) is 0.0327. The summed E-state index contributed by atoms with van der Waals surface area (Å²) < 4.78 is 0. The maximum atomic E-state index is 12.5. The average Bonchev–Trinajstić information content (AvgIpc) is 3.20.